The Balaban J connectivity index is 2.27. The van der Waals surface area contributed by atoms with Gasteiger partial charge in [-0.05, 0) is 23.7 Å². The average molecular weight is 289 g/mol. The van der Waals surface area contributed by atoms with Crippen molar-refractivity contribution in [3.05, 3.63) is 41.8 Å². The van der Waals surface area contributed by atoms with E-state index >= 15 is 0 Å². The zero-order valence-corrected chi connectivity index (χ0v) is 10.3. The summed E-state index contributed by atoms with van der Waals surface area (Å²) in [6.07, 6.45) is 3.01. The monoisotopic (exact) mass is 288 g/mol. The summed E-state index contributed by atoms with van der Waals surface area (Å²) in [4.78, 5) is 10.5. The molecule has 0 aliphatic heterocycles. The minimum atomic E-state index is -3.86. The standard InChI is InChI=1S/C9H6ClFN4O2S/c10-9-13-4-7(5-14-9)18(16,17)15-8-2-1-6(11)3-12-8/h1-5H,(H,12,15). The summed E-state index contributed by atoms with van der Waals surface area (Å²) in [5.41, 5.74) is 0. The number of pyridine rings is 1. The highest BCUT2D eigenvalue weighted by Gasteiger charge is 2.15. The number of hydrogen-bond acceptors (Lipinski definition) is 5. The Labute approximate surface area is 107 Å². The molecule has 0 aromatic carbocycles. The molecule has 9 heteroatoms. The Morgan fingerprint density at radius 3 is 2.33 bits per heavy atom. The SMILES string of the molecule is O=S(=O)(Nc1ccc(F)cn1)c1cnc(Cl)nc1. The third kappa shape index (κ3) is 2.90. The van der Waals surface area contributed by atoms with Crippen LogP contribution in [0, 0.1) is 5.82 Å². The van der Waals surface area contributed by atoms with Gasteiger partial charge < -0.3 is 0 Å². The van der Waals surface area contributed by atoms with Crippen molar-refractivity contribution in [3.63, 3.8) is 0 Å². The van der Waals surface area contributed by atoms with Crippen LogP contribution in [0.1, 0.15) is 0 Å². The van der Waals surface area contributed by atoms with Crippen molar-refractivity contribution in [2.45, 2.75) is 4.90 Å². The van der Waals surface area contributed by atoms with Crippen molar-refractivity contribution in [2.75, 3.05) is 4.72 Å². The molecule has 2 aromatic rings. The van der Waals surface area contributed by atoms with E-state index in [4.69, 9.17) is 11.6 Å². The van der Waals surface area contributed by atoms with Crippen molar-refractivity contribution in [1.29, 1.82) is 0 Å². The summed E-state index contributed by atoms with van der Waals surface area (Å²) in [5.74, 6) is -0.570. The largest absolute Gasteiger partial charge is 0.266 e. The summed E-state index contributed by atoms with van der Waals surface area (Å²) in [5, 5.41) is -0.0612. The molecule has 0 atom stereocenters. The van der Waals surface area contributed by atoms with Gasteiger partial charge in [-0.2, -0.15) is 0 Å². The lowest BCUT2D eigenvalue weighted by atomic mass is 10.5. The van der Waals surface area contributed by atoms with E-state index in [-0.39, 0.29) is 16.0 Å². The first kappa shape index (κ1) is 12.7. The second-order valence-electron chi connectivity index (χ2n) is 3.15. The summed E-state index contributed by atoms with van der Waals surface area (Å²) in [6.45, 7) is 0. The number of rotatable bonds is 3. The Kier molecular flexibility index (Phi) is 3.39. The maximum absolute atomic E-state index is 12.6. The van der Waals surface area contributed by atoms with Crippen molar-refractivity contribution >= 4 is 27.4 Å². The number of nitrogens with one attached hydrogen (secondary N) is 1. The van der Waals surface area contributed by atoms with Gasteiger partial charge in [0.15, 0.2) is 0 Å². The van der Waals surface area contributed by atoms with Crippen LogP contribution in [-0.2, 0) is 10.0 Å². The molecule has 0 bridgehead atoms. The van der Waals surface area contributed by atoms with Gasteiger partial charge in [-0.15, -0.1) is 0 Å². The summed E-state index contributed by atoms with van der Waals surface area (Å²) in [7, 11) is -3.86. The minimum Gasteiger partial charge on any atom is -0.263 e. The first-order chi connectivity index (χ1) is 8.47. The molecule has 2 aromatic heterocycles. The predicted molar refractivity (Wildman–Crippen MR) is 62.0 cm³/mol. The third-order valence-electron chi connectivity index (χ3n) is 1.87. The number of anilines is 1. The van der Waals surface area contributed by atoms with Crippen LogP contribution in [0.3, 0.4) is 0 Å². The topological polar surface area (TPSA) is 84.8 Å². The molecule has 18 heavy (non-hydrogen) atoms. The van der Waals surface area contributed by atoms with Crippen molar-refractivity contribution < 1.29 is 12.8 Å². The van der Waals surface area contributed by atoms with E-state index in [1.54, 1.807) is 0 Å². The fourth-order valence-electron chi connectivity index (χ4n) is 1.07. The highest BCUT2D eigenvalue weighted by atomic mass is 35.5. The molecular weight excluding hydrogens is 283 g/mol. The van der Waals surface area contributed by atoms with Crippen LogP contribution in [0.4, 0.5) is 10.2 Å². The number of nitrogens with zero attached hydrogens (tertiary/aromatic N) is 3. The van der Waals surface area contributed by atoms with Gasteiger partial charge in [0, 0.05) is 0 Å². The summed E-state index contributed by atoms with van der Waals surface area (Å²) in [6, 6.07) is 2.28. The molecule has 2 heterocycles. The molecule has 0 fully saturated rings. The van der Waals surface area contributed by atoms with Gasteiger partial charge in [-0.1, -0.05) is 0 Å². The molecular formula is C9H6ClFN4O2S. The van der Waals surface area contributed by atoms with Gasteiger partial charge >= 0.3 is 0 Å². The fraction of sp³-hybridized carbons (Fsp3) is 0. The van der Waals surface area contributed by atoms with E-state index in [2.05, 4.69) is 19.7 Å². The normalized spacial score (nSPS) is 11.2. The Morgan fingerprint density at radius 1 is 1.11 bits per heavy atom. The summed E-state index contributed by atoms with van der Waals surface area (Å²) >= 11 is 5.45. The van der Waals surface area contributed by atoms with Crippen LogP contribution in [0.5, 0.6) is 0 Å². The fourth-order valence-corrected chi connectivity index (χ4v) is 2.07. The molecule has 0 saturated heterocycles. The zero-order valence-electron chi connectivity index (χ0n) is 8.71. The van der Waals surface area contributed by atoms with Crippen LogP contribution in [0.15, 0.2) is 35.6 Å². The van der Waals surface area contributed by atoms with Gasteiger partial charge in [0.05, 0.1) is 18.6 Å². The van der Waals surface area contributed by atoms with Gasteiger partial charge in [0.1, 0.15) is 16.5 Å². The quantitative estimate of drug-likeness (QED) is 0.864. The van der Waals surface area contributed by atoms with E-state index in [0.29, 0.717) is 0 Å². The number of hydrogen-bond donors (Lipinski definition) is 1. The molecule has 0 saturated carbocycles. The van der Waals surface area contributed by atoms with Crippen molar-refractivity contribution in [3.8, 4) is 0 Å². The van der Waals surface area contributed by atoms with E-state index < -0.39 is 15.8 Å². The molecule has 6 nitrogen and oxygen atoms in total. The Hall–Kier alpha value is -1.80. The van der Waals surface area contributed by atoms with E-state index in [9.17, 15) is 12.8 Å². The zero-order chi connectivity index (χ0) is 13.2. The highest BCUT2D eigenvalue weighted by Crippen LogP contribution is 2.13. The van der Waals surface area contributed by atoms with Gasteiger partial charge in [-0.3, -0.25) is 4.72 Å². The smallest absolute Gasteiger partial charge is 0.263 e. The lowest BCUT2D eigenvalue weighted by Crippen LogP contribution is -2.14. The van der Waals surface area contributed by atoms with Gasteiger partial charge in [-0.25, -0.2) is 27.8 Å². The molecule has 0 radical (unpaired) electrons. The van der Waals surface area contributed by atoms with E-state index in [1.165, 1.54) is 6.07 Å². The summed E-state index contributed by atoms with van der Waals surface area (Å²) < 4.78 is 38.4. The number of sulfonamides is 1. The first-order valence-corrected chi connectivity index (χ1v) is 6.45. The molecule has 1 N–H and O–H groups in total. The first-order valence-electron chi connectivity index (χ1n) is 4.59. The molecule has 2 rings (SSSR count). The highest BCUT2D eigenvalue weighted by molar-refractivity contribution is 7.92. The average Bonchev–Trinajstić information content (AvgIpc) is 2.32. The van der Waals surface area contributed by atoms with Crippen LogP contribution < -0.4 is 4.72 Å². The van der Waals surface area contributed by atoms with E-state index in [0.717, 1.165) is 24.7 Å². The molecule has 0 spiro atoms. The maximum atomic E-state index is 12.6. The molecule has 0 aliphatic rings. The van der Waals surface area contributed by atoms with Crippen LogP contribution >= 0.6 is 11.6 Å². The van der Waals surface area contributed by atoms with Crippen LogP contribution in [0.2, 0.25) is 5.28 Å². The maximum Gasteiger partial charge on any atom is 0.266 e. The van der Waals surface area contributed by atoms with E-state index in [1.807, 2.05) is 0 Å². The van der Waals surface area contributed by atoms with Gasteiger partial charge in [0.2, 0.25) is 5.28 Å². The second-order valence-corrected chi connectivity index (χ2v) is 5.18. The third-order valence-corrected chi connectivity index (χ3v) is 3.38. The molecule has 0 unspecified atom stereocenters. The lowest BCUT2D eigenvalue weighted by Gasteiger charge is -2.06. The minimum absolute atomic E-state index is 0.00801. The van der Waals surface area contributed by atoms with Gasteiger partial charge in [0.25, 0.3) is 10.0 Å². The Bertz CT molecular complexity index is 645. The Morgan fingerprint density at radius 2 is 1.78 bits per heavy atom. The van der Waals surface area contributed by atoms with Crippen LogP contribution in [0.25, 0.3) is 0 Å². The van der Waals surface area contributed by atoms with Crippen molar-refractivity contribution in [1.82, 2.24) is 15.0 Å². The molecule has 0 aliphatic carbocycles. The van der Waals surface area contributed by atoms with Crippen molar-refractivity contribution in [2.24, 2.45) is 0 Å². The molecule has 0 amide bonds. The van der Waals surface area contributed by atoms with Crippen LogP contribution in [-0.4, -0.2) is 23.4 Å². The lowest BCUT2D eigenvalue weighted by molar-refractivity contribution is 0.599. The predicted octanol–water partition coefficient (Wildman–Crippen LogP) is 1.46. The number of halogens is 2. The molecule has 94 valence electrons. The second kappa shape index (κ2) is 4.83. The number of aromatic nitrogens is 3.